The van der Waals surface area contributed by atoms with Crippen LogP contribution in [0.15, 0.2) is 90.0 Å². The third kappa shape index (κ3) is 10.7. The minimum Gasteiger partial charge on any atom is -1.00 e. The Hall–Kier alpha value is -4.06. The van der Waals surface area contributed by atoms with Gasteiger partial charge in [0.05, 0.1) is 10.1 Å². The fourth-order valence-corrected chi connectivity index (χ4v) is 6.64. The average Bonchev–Trinajstić information content (AvgIpc) is 3.91. The standard InChI is InChI=1S/C31H33N7O7S2.Na.H/c1-21-17-32-30(37-29(21)35-24-10-5-9-23(15-24)18-34-46(41,42)26-13-14-26)36-25-11-6-12-27(16-25)47(43,44)38-28(39)19-33-31(40)45-20-22-7-3-2-4-8-22;;/h2-12,15-17,26,34H,13-14,18-20H2,1H3,(H,33,40)(H,38,39)(H2,32,35,36,37);;/q;+1;-1. The number of benzene rings is 3. The van der Waals surface area contributed by atoms with E-state index in [0.717, 1.165) is 16.7 Å². The van der Waals surface area contributed by atoms with Gasteiger partial charge in [-0.25, -0.2) is 36.1 Å². The summed E-state index contributed by atoms with van der Waals surface area (Å²) in [5.41, 5.74) is 3.27. The molecule has 1 heterocycles. The van der Waals surface area contributed by atoms with E-state index in [2.05, 4.69) is 30.6 Å². The van der Waals surface area contributed by atoms with E-state index in [1.807, 2.05) is 35.9 Å². The predicted molar refractivity (Wildman–Crippen MR) is 176 cm³/mol. The van der Waals surface area contributed by atoms with Gasteiger partial charge < -0.3 is 22.1 Å². The van der Waals surface area contributed by atoms with Crippen molar-refractivity contribution in [2.75, 3.05) is 17.2 Å². The Balaban J connectivity index is 0.00000325. The third-order valence-electron chi connectivity index (χ3n) is 6.86. The number of hydrogen-bond acceptors (Lipinski definition) is 11. The molecule has 2 amide bonds. The fourth-order valence-electron chi connectivity index (χ4n) is 4.25. The van der Waals surface area contributed by atoms with Crippen molar-refractivity contribution in [2.45, 2.75) is 43.1 Å². The number of sulfonamides is 2. The van der Waals surface area contributed by atoms with Crippen LogP contribution in [0.5, 0.6) is 0 Å². The molecule has 3 aromatic carbocycles. The SMILES string of the molecule is Cc1cnc(Nc2cccc(S(=O)(=O)NC(=O)CNC(=O)OCc3ccccc3)c2)nc1Nc1cccc(CNS(=O)(=O)C2CC2)c1.[H-].[Na+]. The maximum Gasteiger partial charge on any atom is 1.00 e. The molecule has 0 bridgehead atoms. The van der Waals surface area contributed by atoms with E-state index in [-0.39, 0.29) is 60.2 Å². The third-order valence-corrected chi connectivity index (χ3v) is 10.1. The van der Waals surface area contributed by atoms with Crippen LogP contribution in [0.4, 0.5) is 27.9 Å². The van der Waals surface area contributed by atoms with Crippen molar-refractivity contribution >= 4 is 55.2 Å². The van der Waals surface area contributed by atoms with Crippen molar-refractivity contribution in [3.8, 4) is 0 Å². The Morgan fingerprint density at radius 1 is 0.896 bits per heavy atom. The van der Waals surface area contributed by atoms with Crippen molar-refractivity contribution in [3.63, 3.8) is 0 Å². The van der Waals surface area contributed by atoms with Crippen LogP contribution in [0.25, 0.3) is 0 Å². The molecule has 0 spiro atoms. The molecule has 0 aliphatic heterocycles. The Morgan fingerprint density at radius 2 is 1.58 bits per heavy atom. The molecule has 1 aliphatic rings. The number of hydrogen-bond donors (Lipinski definition) is 5. The molecule has 248 valence electrons. The summed E-state index contributed by atoms with van der Waals surface area (Å²) in [7, 11) is -7.59. The number of carbonyl (C=O) groups is 2. The quantitative estimate of drug-likeness (QED) is 0.116. The first-order valence-electron chi connectivity index (χ1n) is 14.5. The maximum absolute atomic E-state index is 12.9. The first-order chi connectivity index (χ1) is 22.5. The Labute approximate surface area is 302 Å². The van der Waals surface area contributed by atoms with Gasteiger partial charge in [0.2, 0.25) is 16.0 Å². The number of anilines is 4. The number of aromatic nitrogens is 2. The monoisotopic (exact) mass is 703 g/mol. The second kappa shape index (κ2) is 16.4. The summed E-state index contributed by atoms with van der Waals surface area (Å²) in [5.74, 6) is -0.311. The Kier molecular flexibility index (Phi) is 12.5. The topological polar surface area (TPSA) is 198 Å². The molecule has 1 aromatic heterocycles. The molecule has 0 unspecified atom stereocenters. The van der Waals surface area contributed by atoms with E-state index < -0.39 is 38.6 Å². The summed E-state index contributed by atoms with van der Waals surface area (Å²) in [4.78, 5) is 32.8. The van der Waals surface area contributed by atoms with E-state index in [4.69, 9.17) is 4.74 Å². The average molecular weight is 704 g/mol. The number of rotatable bonds is 14. The van der Waals surface area contributed by atoms with Crippen LogP contribution < -0.4 is 55.0 Å². The summed E-state index contributed by atoms with van der Waals surface area (Å²) in [6, 6.07) is 21.9. The fraction of sp³-hybridized carbons (Fsp3) is 0.226. The summed E-state index contributed by atoms with van der Waals surface area (Å²) >= 11 is 0. The summed E-state index contributed by atoms with van der Waals surface area (Å²) < 4.78 is 59.7. The van der Waals surface area contributed by atoms with Crippen molar-refractivity contribution < 1.29 is 62.1 Å². The first-order valence-corrected chi connectivity index (χ1v) is 17.6. The van der Waals surface area contributed by atoms with Gasteiger partial charge in [-0.15, -0.1) is 0 Å². The molecule has 0 atom stereocenters. The molecule has 17 heteroatoms. The Morgan fingerprint density at radius 3 is 2.31 bits per heavy atom. The van der Waals surface area contributed by atoms with Crippen molar-refractivity contribution in [1.82, 2.24) is 24.7 Å². The van der Waals surface area contributed by atoms with Crippen LogP contribution in [0.3, 0.4) is 0 Å². The number of nitrogens with zero attached hydrogens (tertiary/aromatic N) is 2. The number of nitrogens with one attached hydrogen (secondary N) is 5. The van der Waals surface area contributed by atoms with Gasteiger partial charge in [-0.3, -0.25) is 4.79 Å². The zero-order valence-corrected chi connectivity index (χ0v) is 29.9. The second-order valence-corrected chi connectivity index (χ2v) is 14.4. The van der Waals surface area contributed by atoms with E-state index >= 15 is 0 Å². The normalized spacial score (nSPS) is 12.7. The molecule has 0 saturated heterocycles. The second-order valence-electron chi connectivity index (χ2n) is 10.7. The zero-order chi connectivity index (χ0) is 33.4. The van der Waals surface area contributed by atoms with E-state index in [9.17, 15) is 26.4 Å². The summed E-state index contributed by atoms with van der Waals surface area (Å²) in [6.07, 6.45) is 2.09. The van der Waals surface area contributed by atoms with Gasteiger partial charge in [0, 0.05) is 29.7 Å². The molecule has 4 aromatic rings. The largest absolute Gasteiger partial charge is 1.00 e. The van der Waals surface area contributed by atoms with Crippen LogP contribution in [-0.4, -0.2) is 50.6 Å². The molecule has 48 heavy (non-hydrogen) atoms. The van der Waals surface area contributed by atoms with Gasteiger partial charge in [0.1, 0.15) is 19.0 Å². The number of alkyl carbamates (subject to hydrolysis) is 1. The van der Waals surface area contributed by atoms with Gasteiger partial charge in [0.15, 0.2) is 0 Å². The minimum atomic E-state index is -4.28. The number of amides is 2. The number of ether oxygens (including phenoxy) is 1. The van der Waals surface area contributed by atoms with Crippen LogP contribution in [0.1, 0.15) is 31.0 Å². The molecule has 5 rings (SSSR count). The molecule has 1 saturated carbocycles. The predicted octanol–water partition coefficient (Wildman–Crippen LogP) is 0.702. The van der Waals surface area contributed by atoms with Crippen LogP contribution in [-0.2, 0) is 42.7 Å². The van der Waals surface area contributed by atoms with Gasteiger partial charge in [0.25, 0.3) is 15.9 Å². The van der Waals surface area contributed by atoms with Gasteiger partial charge in [-0.05, 0) is 61.2 Å². The van der Waals surface area contributed by atoms with Crippen molar-refractivity contribution in [2.24, 2.45) is 0 Å². The molecular formula is C31H34N7NaO7S2. The van der Waals surface area contributed by atoms with Gasteiger partial charge in [-0.2, -0.15) is 4.98 Å². The van der Waals surface area contributed by atoms with Gasteiger partial charge in [-0.1, -0.05) is 48.5 Å². The zero-order valence-electron chi connectivity index (χ0n) is 27.3. The summed E-state index contributed by atoms with van der Waals surface area (Å²) in [6.45, 7) is 1.36. The molecule has 14 nitrogen and oxygen atoms in total. The van der Waals surface area contributed by atoms with Crippen molar-refractivity contribution in [1.29, 1.82) is 0 Å². The Bertz CT molecular complexity index is 1990. The molecular weight excluding hydrogens is 670 g/mol. The van der Waals surface area contributed by atoms with Crippen LogP contribution in [0, 0.1) is 6.92 Å². The van der Waals surface area contributed by atoms with Crippen molar-refractivity contribution in [3.05, 3.63) is 102 Å². The number of carbonyl (C=O) groups excluding carboxylic acids is 2. The van der Waals surface area contributed by atoms with Crippen LogP contribution >= 0.6 is 0 Å². The molecule has 0 radical (unpaired) electrons. The van der Waals surface area contributed by atoms with E-state index in [0.29, 0.717) is 30.0 Å². The smallest absolute Gasteiger partial charge is 1.00 e. The van der Waals surface area contributed by atoms with E-state index in [1.165, 1.54) is 18.2 Å². The summed E-state index contributed by atoms with van der Waals surface area (Å²) in [5, 5.41) is 8.10. The molecule has 5 N–H and O–H groups in total. The maximum atomic E-state index is 12.9. The van der Waals surface area contributed by atoms with E-state index in [1.54, 1.807) is 42.6 Å². The van der Waals surface area contributed by atoms with Crippen LogP contribution in [0.2, 0.25) is 0 Å². The molecule has 1 fully saturated rings. The minimum absolute atomic E-state index is 0. The number of aryl methyl sites for hydroxylation is 1. The first kappa shape index (κ1) is 36.8. The van der Waals surface area contributed by atoms with Gasteiger partial charge >= 0.3 is 35.7 Å². The molecule has 1 aliphatic carbocycles.